The Hall–Kier alpha value is -0.800. The lowest BCUT2D eigenvalue weighted by Gasteiger charge is -2.19. The average Bonchev–Trinajstić information content (AvgIpc) is 2.38. The number of hydrogen-bond donors (Lipinski definition) is 1. The van der Waals surface area contributed by atoms with Gasteiger partial charge in [0.25, 0.3) is 0 Å². The van der Waals surface area contributed by atoms with Gasteiger partial charge in [-0.15, -0.1) is 0 Å². The zero-order chi connectivity index (χ0) is 13.8. The van der Waals surface area contributed by atoms with Gasteiger partial charge in [0.2, 0.25) is 0 Å². The molecule has 0 amide bonds. The maximum atomic E-state index is 6.23. The third-order valence-electron chi connectivity index (χ3n) is 2.72. The van der Waals surface area contributed by atoms with Crippen LogP contribution in [0.1, 0.15) is 24.2 Å². The maximum Gasteiger partial charge on any atom is 0.0805 e. The van der Waals surface area contributed by atoms with Gasteiger partial charge >= 0.3 is 0 Å². The van der Waals surface area contributed by atoms with Crippen LogP contribution in [0.5, 0.6) is 0 Å². The van der Waals surface area contributed by atoms with Crippen LogP contribution in [-0.2, 0) is 0 Å². The summed E-state index contributed by atoms with van der Waals surface area (Å²) in [5, 5.41) is 5.14. The Bertz CT molecular complexity index is 555. The molecule has 0 saturated carbocycles. The van der Waals surface area contributed by atoms with E-state index in [2.05, 4.69) is 10.3 Å². The van der Waals surface area contributed by atoms with Crippen molar-refractivity contribution in [1.29, 1.82) is 0 Å². The predicted octanol–water partition coefficient (Wildman–Crippen LogP) is 4.74. The Morgan fingerprint density at radius 1 is 1.11 bits per heavy atom. The van der Waals surface area contributed by atoms with Crippen molar-refractivity contribution in [2.75, 3.05) is 6.54 Å². The van der Waals surface area contributed by atoms with E-state index < -0.39 is 0 Å². The van der Waals surface area contributed by atoms with Crippen LogP contribution in [0.3, 0.4) is 0 Å². The monoisotopic (exact) mass is 314 g/mol. The van der Waals surface area contributed by atoms with Gasteiger partial charge in [-0.3, -0.25) is 4.98 Å². The molecule has 0 saturated heterocycles. The van der Waals surface area contributed by atoms with Gasteiger partial charge in [0.1, 0.15) is 0 Å². The second-order valence-corrected chi connectivity index (χ2v) is 5.34. The van der Waals surface area contributed by atoms with Gasteiger partial charge in [0, 0.05) is 11.2 Å². The lowest BCUT2D eigenvalue weighted by atomic mass is 10.0. The number of benzene rings is 1. The number of hydrogen-bond acceptors (Lipinski definition) is 2. The summed E-state index contributed by atoms with van der Waals surface area (Å²) < 4.78 is 0. The topological polar surface area (TPSA) is 24.9 Å². The quantitative estimate of drug-likeness (QED) is 0.881. The molecule has 1 unspecified atom stereocenters. The largest absolute Gasteiger partial charge is 0.305 e. The van der Waals surface area contributed by atoms with E-state index in [1.165, 1.54) is 0 Å². The summed E-state index contributed by atoms with van der Waals surface area (Å²) in [7, 11) is 0. The fraction of sp³-hybridized carbons (Fsp3) is 0.214. The average molecular weight is 316 g/mol. The molecule has 1 atom stereocenters. The number of nitrogens with one attached hydrogen (secondary N) is 1. The molecule has 19 heavy (non-hydrogen) atoms. The summed E-state index contributed by atoms with van der Waals surface area (Å²) in [4.78, 5) is 4.34. The van der Waals surface area contributed by atoms with E-state index >= 15 is 0 Å². The van der Waals surface area contributed by atoms with Gasteiger partial charge in [-0.05, 0) is 30.3 Å². The van der Waals surface area contributed by atoms with E-state index in [4.69, 9.17) is 34.8 Å². The molecule has 0 fully saturated rings. The minimum Gasteiger partial charge on any atom is -0.305 e. The number of rotatable bonds is 4. The molecule has 2 rings (SSSR count). The predicted molar refractivity (Wildman–Crippen MR) is 81.2 cm³/mol. The van der Waals surface area contributed by atoms with Crippen molar-refractivity contribution in [2.45, 2.75) is 13.0 Å². The van der Waals surface area contributed by atoms with Gasteiger partial charge in [0.15, 0.2) is 0 Å². The zero-order valence-electron chi connectivity index (χ0n) is 10.3. The molecule has 1 heterocycles. The number of pyridine rings is 1. The van der Waals surface area contributed by atoms with Crippen molar-refractivity contribution in [2.24, 2.45) is 0 Å². The van der Waals surface area contributed by atoms with Crippen molar-refractivity contribution < 1.29 is 0 Å². The zero-order valence-corrected chi connectivity index (χ0v) is 12.6. The Morgan fingerprint density at radius 2 is 1.79 bits per heavy atom. The standard InChI is InChI=1S/C14H13Cl3N2/c1-2-18-13(9-3-5-10(15)6-4-9)14-12(17)7-11(16)8-19-14/h3-8,13,18H,2H2,1H3. The number of aromatic nitrogens is 1. The first-order chi connectivity index (χ1) is 9.11. The molecule has 0 bridgehead atoms. The summed E-state index contributed by atoms with van der Waals surface area (Å²) in [6.07, 6.45) is 1.60. The molecule has 0 spiro atoms. The van der Waals surface area contributed by atoms with Crippen molar-refractivity contribution in [1.82, 2.24) is 10.3 Å². The molecule has 0 aliphatic heterocycles. The van der Waals surface area contributed by atoms with Gasteiger partial charge in [0.05, 0.1) is 21.8 Å². The molecule has 0 radical (unpaired) electrons. The Labute approximate surface area is 127 Å². The SMILES string of the molecule is CCNC(c1ccc(Cl)cc1)c1ncc(Cl)cc1Cl. The molecule has 1 N–H and O–H groups in total. The molecular weight excluding hydrogens is 303 g/mol. The van der Waals surface area contributed by atoms with E-state index in [0.717, 1.165) is 17.8 Å². The smallest absolute Gasteiger partial charge is 0.0805 e. The first-order valence-corrected chi connectivity index (χ1v) is 7.05. The minimum atomic E-state index is -0.0768. The van der Waals surface area contributed by atoms with Crippen LogP contribution >= 0.6 is 34.8 Å². The first-order valence-electron chi connectivity index (χ1n) is 5.91. The molecule has 1 aromatic carbocycles. The highest BCUT2D eigenvalue weighted by Crippen LogP contribution is 2.29. The van der Waals surface area contributed by atoms with Crippen molar-refractivity contribution in [3.8, 4) is 0 Å². The fourth-order valence-corrected chi connectivity index (χ4v) is 2.48. The van der Waals surface area contributed by atoms with Crippen LogP contribution in [0, 0.1) is 0 Å². The highest BCUT2D eigenvalue weighted by Gasteiger charge is 2.17. The molecule has 0 aliphatic rings. The highest BCUT2D eigenvalue weighted by atomic mass is 35.5. The van der Waals surface area contributed by atoms with Crippen LogP contribution in [-0.4, -0.2) is 11.5 Å². The van der Waals surface area contributed by atoms with E-state index in [1.54, 1.807) is 12.3 Å². The van der Waals surface area contributed by atoms with Crippen LogP contribution in [0.4, 0.5) is 0 Å². The first kappa shape index (κ1) is 14.6. The Morgan fingerprint density at radius 3 is 2.37 bits per heavy atom. The molecule has 5 heteroatoms. The van der Waals surface area contributed by atoms with Gasteiger partial charge in [-0.25, -0.2) is 0 Å². The molecule has 100 valence electrons. The second kappa shape index (κ2) is 6.58. The van der Waals surface area contributed by atoms with Crippen molar-refractivity contribution in [3.05, 3.63) is 62.9 Å². The molecule has 0 aliphatic carbocycles. The van der Waals surface area contributed by atoms with Crippen LogP contribution in [0.2, 0.25) is 15.1 Å². The van der Waals surface area contributed by atoms with Crippen LogP contribution < -0.4 is 5.32 Å². The van der Waals surface area contributed by atoms with Gasteiger partial charge < -0.3 is 5.32 Å². The van der Waals surface area contributed by atoms with E-state index in [0.29, 0.717) is 15.1 Å². The summed E-state index contributed by atoms with van der Waals surface area (Å²) in [5.74, 6) is 0. The minimum absolute atomic E-state index is 0.0768. The molecule has 2 nitrogen and oxygen atoms in total. The van der Waals surface area contributed by atoms with Gasteiger partial charge in [-0.1, -0.05) is 53.9 Å². The lowest BCUT2D eigenvalue weighted by Crippen LogP contribution is -2.23. The van der Waals surface area contributed by atoms with E-state index in [-0.39, 0.29) is 6.04 Å². The fourth-order valence-electron chi connectivity index (χ4n) is 1.87. The summed E-state index contributed by atoms with van der Waals surface area (Å²) >= 11 is 18.0. The molecular formula is C14H13Cl3N2. The van der Waals surface area contributed by atoms with Crippen LogP contribution in [0.15, 0.2) is 36.5 Å². The molecule has 1 aromatic heterocycles. The van der Waals surface area contributed by atoms with Crippen LogP contribution in [0.25, 0.3) is 0 Å². The third-order valence-corrected chi connectivity index (χ3v) is 3.48. The summed E-state index contributed by atoms with van der Waals surface area (Å²) in [5.41, 5.74) is 1.82. The number of halogens is 3. The van der Waals surface area contributed by atoms with Crippen molar-refractivity contribution >= 4 is 34.8 Å². The van der Waals surface area contributed by atoms with E-state index in [1.807, 2.05) is 31.2 Å². The lowest BCUT2D eigenvalue weighted by molar-refractivity contribution is 0.616. The summed E-state index contributed by atoms with van der Waals surface area (Å²) in [6.45, 7) is 2.83. The third kappa shape index (κ3) is 3.61. The molecule has 2 aromatic rings. The highest BCUT2D eigenvalue weighted by molar-refractivity contribution is 6.34. The number of nitrogens with zero attached hydrogens (tertiary/aromatic N) is 1. The van der Waals surface area contributed by atoms with E-state index in [9.17, 15) is 0 Å². The second-order valence-electron chi connectivity index (χ2n) is 4.06. The maximum absolute atomic E-state index is 6.23. The Kier molecular flexibility index (Phi) is 5.06. The normalized spacial score (nSPS) is 12.4. The van der Waals surface area contributed by atoms with Crippen molar-refractivity contribution in [3.63, 3.8) is 0 Å². The summed E-state index contributed by atoms with van der Waals surface area (Å²) in [6, 6.07) is 9.25. The Balaban J connectivity index is 2.41. The van der Waals surface area contributed by atoms with Gasteiger partial charge in [-0.2, -0.15) is 0 Å².